The minimum Gasteiger partial charge on any atom is -0.507 e. The molecular formula is C26H30N2O3. The standard InChI is InChI=1S/C26H30N2O3/c1-2-3-11-23(29)12-8-19-31-28-27-22-17-15-21(16-18-22)25-14-7-13-24(26(25)30)20-9-5-4-6-10-20/h4-7,9-10,13-18,23,29-30H,2-3,8,11-12,19H2,1H3. The highest BCUT2D eigenvalue weighted by molar-refractivity contribution is 5.82. The Bertz CT molecular complexity index is 956. The molecule has 31 heavy (non-hydrogen) atoms. The Balaban J connectivity index is 1.55. The number of benzene rings is 3. The largest absolute Gasteiger partial charge is 0.507 e. The van der Waals surface area contributed by atoms with Crippen LogP contribution < -0.4 is 0 Å². The highest BCUT2D eigenvalue weighted by atomic mass is 16.6. The van der Waals surface area contributed by atoms with Gasteiger partial charge < -0.3 is 15.1 Å². The van der Waals surface area contributed by atoms with E-state index in [0.29, 0.717) is 12.3 Å². The fraction of sp³-hybridized carbons (Fsp3) is 0.308. The molecule has 2 N–H and O–H groups in total. The first-order valence-electron chi connectivity index (χ1n) is 10.9. The number of aromatic hydroxyl groups is 1. The number of aliphatic hydroxyl groups is 1. The molecule has 5 nitrogen and oxygen atoms in total. The van der Waals surface area contributed by atoms with Crippen molar-refractivity contribution < 1.29 is 15.1 Å². The highest BCUT2D eigenvalue weighted by Crippen LogP contribution is 2.38. The van der Waals surface area contributed by atoms with E-state index in [9.17, 15) is 10.2 Å². The molecule has 1 unspecified atom stereocenters. The van der Waals surface area contributed by atoms with E-state index in [2.05, 4.69) is 17.3 Å². The van der Waals surface area contributed by atoms with E-state index in [1.807, 2.05) is 72.8 Å². The molecule has 0 saturated heterocycles. The molecular weight excluding hydrogens is 388 g/mol. The normalized spacial score (nSPS) is 12.2. The zero-order chi connectivity index (χ0) is 21.9. The van der Waals surface area contributed by atoms with E-state index >= 15 is 0 Å². The van der Waals surface area contributed by atoms with Crippen LogP contribution in [0.5, 0.6) is 5.75 Å². The van der Waals surface area contributed by atoms with Gasteiger partial charge in [-0.05, 0) is 42.5 Å². The molecule has 0 spiro atoms. The minimum absolute atomic E-state index is 0.257. The maximum absolute atomic E-state index is 10.8. The first kappa shape index (κ1) is 22.5. The first-order chi connectivity index (χ1) is 15.2. The average molecular weight is 419 g/mol. The number of hydrogen-bond donors (Lipinski definition) is 2. The molecule has 3 aromatic rings. The van der Waals surface area contributed by atoms with Crippen LogP contribution in [0, 0.1) is 0 Å². The number of phenolic OH excluding ortho intramolecular Hbond substituents is 1. The fourth-order valence-electron chi connectivity index (χ4n) is 3.42. The van der Waals surface area contributed by atoms with E-state index in [4.69, 9.17) is 4.84 Å². The van der Waals surface area contributed by atoms with Gasteiger partial charge in [-0.1, -0.05) is 80.4 Å². The Hall–Kier alpha value is -3.18. The van der Waals surface area contributed by atoms with Gasteiger partial charge in [0.2, 0.25) is 0 Å². The number of rotatable bonds is 11. The van der Waals surface area contributed by atoms with Gasteiger partial charge in [0.25, 0.3) is 0 Å². The summed E-state index contributed by atoms with van der Waals surface area (Å²) >= 11 is 0. The maximum atomic E-state index is 10.8. The summed E-state index contributed by atoms with van der Waals surface area (Å²) in [5, 5.41) is 28.4. The Kier molecular flexibility index (Phi) is 8.61. The van der Waals surface area contributed by atoms with E-state index < -0.39 is 0 Å². The van der Waals surface area contributed by atoms with Gasteiger partial charge in [0.15, 0.2) is 0 Å². The van der Waals surface area contributed by atoms with Crippen LogP contribution in [0.4, 0.5) is 5.69 Å². The Labute approximate surface area is 184 Å². The van der Waals surface area contributed by atoms with Crippen molar-refractivity contribution in [2.75, 3.05) is 6.61 Å². The molecule has 0 amide bonds. The number of nitrogens with zero attached hydrogens (tertiary/aromatic N) is 2. The van der Waals surface area contributed by atoms with Crippen LogP contribution in [-0.2, 0) is 4.84 Å². The lowest BCUT2D eigenvalue weighted by molar-refractivity contribution is 0.0969. The van der Waals surface area contributed by atoms with Crippen molar-refractivity contribution in [1.29, 1.82) is 0 Å². The van der Waals surface area contributed by atoms with Gasteiger partial charge in [-0.2, -0.15) is 0 Å². The molecule has 0 saturated carbocycles. The van der Waals surface area contributed by atoms with Gasteiger partial charge in [0, 0.05) is 16.4 Å². The average Bonchev–Trinajstić information content (AvgIpc) is 2.81. The smallest absolute Gasteiger partial charge is 0.131 e. The molecule has 3 rings (SSSR count). The second-order valence-electron chi connectivity index (χ2n) is 7.57. The summed E-state index contributed by atoms with van der Waals surface area (Å²) in [7, 11) is 0. The van der Waals surface area contributed by atoms with Crippen molar-refractivity contribution >= 4 is 5.69 Å². The second kappa shape index (κ2) is 11.9. The van der Waals surface area contributed by atoms with Gasteiger partial charge >= 0.3 is 0 Å². The maximum Gasteiger partial charge on any atom is 0.131 e. The molecule has 0 aliphatic carbocycles. The highest BCUT2D eigenvalue weighted by Gasteiger charge is 2.10. The lowest BCUT2D eigenvalue weighted by atomic mass is 9.97. The molecule has 0 fully saturated rings. The van der Waals surface area contributed by atoms with Crippen molar-refractivity contribution in [2.45, 2.75) is 45.1 Å². The van der Waals surface area contributed by atoms with Crippen molar-refractivity contribution in [2.24, 2.45) is 10.4 Å². The summed E-state index contributed by atoms with van der Waals surface area (Å²) in [6.45, 7) is 2.55. The second-order valence-corrected chi connectivity index (χ2v) is 7.57. The van der Waals surface area contributed by atoms with E-state index in [0.717, 1.165) is 54.4 Å². The summed E-state index contributed by atoms with van der Waals surface area (Å²) in [5.41, 5.74) is 4.11. The predicted molar refractivity (Wildman–Crippen MR) is 124 cm³/mol. The molecule has 0 bridgehead atoms. The van der Waals surface area contributed by atoms with Crippen LogP contribution >= 0.6 is 0 Å². The number of para-hydroxylation sites is 1. The van der Waals surface area contributed by atoms with Crippen molar-refractivity contribution in [3.05, 3.63) is 72.8 Å². The molecule has 0 aromatic heterocycles. The Morgan fingerprint density at radius 2 is 1.45 bits per heavy atom. The van der Waals surface area contributed by atoms with Crippen LogP contribution in [0.2, 0.25) is 0 Å². The number of aliphatic hydroxyl groups excluding tert-OH is 1. The number of phenols is 1. The lowest BCUT2D eigenvalue weighted by Crippen LogP contribution is -2.07. The van der Waals surface area contributed by atoms with Gasteiger partial charge in [-0.3, -0.25) is 0 Å². The minimum atomic E-state index is -0.259. The SMILES string of the molecule is CCCCC(O)CCCON=Nc1ccc(-c2cccc(-c3ccccc3)c2O)cc1. The Morgan fingerprint density at radius 1 is 0.806 bits per heavy atom. The third kappa shape index (κ3) is 6.66. The Morgan fingerprint density at radius 3 is 2.13 bits per heavy atom. The van der Waals surface area contributed by atoms with Crippen molar-refractivity contribution in [3.8, 4) is 28.0 Å². The summed E-state index contributed by atoms with van der Waals surface area (Å²) in [6, 6.07) is 23.1. The van der Waals surface area contributed by atoms with Crippen LogP contribution in [0.3, 0.4) is 0 Å². The van der Waals surface area contributed by atoms with E-state index in [1.54, 1.807) is 0 Å². The van der Waals surface area contributed by atoms with Gasteiger partial charge in [-0.15, -0.1) is 5.11 Å². The van der Waals surface area contributed by atoms with Crippen LogP contribution in [0.1, 0.15) is 39.0 Å². The van der Waals surface area contributed by atoms with E-state index in [1.165, 1.54) is 0 Å². The van der Waals surface area contributed by atoms with E-state index in [-0.39, 0.29) is 11.9 Å². The zero-order valence-electron chi connectivity index (χ0n) is 17.9. The number of hydrogen-bond acceptors (Lipinski definition) is 5. The van der Waals surface area contributed by atoms with Gasteiger partial charge in [-0.25, -0.2) is 0 Å². The monoisotopic (exact) mass is 418 g/mol. The van der Waals surface area contributed by atoms with Gasteiger partial charge in [0.05, 0.1) is 11.8 Å². The van der Waals surface area contributed by atoms with Crippen molar-refractivity contribution in [1.82, 2.24) is 0 Å². The quantitative estimate of drug-likeness (QED) is 0.199. The van der Waals surface area contributed by atoms with Crippen molar-refractivity contribution in [3.63, 3.8) is 0 Å². The summed E-state index contributed by atoms with van der Waals surface area (Å²) in [6.07, 6.45) is 4.19. The summed E-state index contributed by atoms with van der Waals surface area (Å²) < 4.78 is 0. The molecule has 1 atom stereocenters. The zero-order valence-corrected chi connectivity index (χ0v) is 17.9. The van der Waals surface area contributed by atoms with Crippen LogP contribution in [0.15, 0.2) is 83.2 Å². The summed E-state index contributed by atoms with van der Waals surface area (Å²) in [4.78, 5) is 5.20. The molecule has 5 heteroatoms. The topological polar surface area (TPSA) is 74.4 Å². The third-order valence-electron chi connectivity index (χ3n) is 5.18. The third-order valence-corrected chi connectivity index (χ3v) is 5.18. The molecule has 162 valence electrons. The molecule has 0 aliphatic heterocycles. The van der Waals surface area contributed by atoms with Crippen LogP contribution in [-0.4, -0.2) is 22.9 Å². The molecule has 0 heterocycles. The molecule has 3 aromatic carbocycles. The first-order valence-corrected chi connectivity index (χ1v) is 10.9. The van der Waals surface area contributed by atoms with Gasteiger partial charge in [0.1, 0.15) is 12.4 Å². The summed E-state index contributed by atoms with van der Waals surface area (Å²) in [5.74, 6) is 0.257. The molecule has 0 aliphatic rings. The predicted octanol–water partition coefficient (Wildman–Crippen LogP) is 7.07. The fourth-order valence-corrected chi connectivity index (χ4v) is 3.42. The molecule has 0 radical (unpaired) electrons. The number of unbranched alkanes of at least 4 members (excludes halogenated alkanes) is 1. The lowest BCUT2D eigenvalue weighted by Gasteiger charge is -2.10. The van der Waals surface area contributed by atoms with Crippen LogP contribution in [0.25, 0.3) is 22.3 Å².